The number of fused-ring (bicyclic) bond motifs is 1. The first-order chi connectivity index (χ1) is 30.8. The molecule has 0 radical (unpaired) electrons. The molecule has 0 saturated carbocycles. The molecule has 0 spiro atoms. The molecule has 0 heterocycles. The van der Waals surface area contributed by atoms with E-state index in [1.807, 2.05) is 0 Å². The average Bonchev–Trinajstić information content (AvgIpc) is 3.21. The van der Waals surface area contributed by atoms with E-state index in [4.69, 9.17) is 20.8 Å². The molecule has 6 rings (SSSR count). The summed E-state index contributed by atoms with van der Waals surface area (Å²) in [5.41, 5.74) is 12.5. The van der Waals surface area contributed by atoms with Crippen LogP contribution in [0, 0.1) is 13.8 Å². The SMILES string of the molecule is Cc1cc(N=Nc2c(S(=O)(=O)O)cc3cc(Nc4ccc(N)c(S(=O)(=O)O)c4)ccc3c2O)ccc1N=Nc1cc(C)c(N=Nc2ccc(N)cc2S(=O)(=O)O)cc1OCCCS(=O)(=O)O. The number of nitrogen functional groups attached to an aromatic ring is 2. The fourth-order valence-electron chi connectivity index (χ4n) is 6.07. The lowest BCUT2D eigenvalue weighted by molar-refractivity contribution is 0.317. The van der Waals surface area contributed by atoms with Gasteiger partial charge in [-0.05, 0) is 122 Å². The molecule has 0 fully saturated rings. The molecule has 10 N–H and O–H groups in total. The van der Waals surface area contributed by atoms with Crippen LogP contribution < -0.4 is 21.5 Å². The first-order valence-corrected chi connectivity index (χ1v) is 24.6. The van der Waals surface area contributed by atoms with Gasteiger partial charge >= 0.3 is 0 Å². The molecule has 0 aliphatic heterocycles. The summed E-state index contributed by atoms with van der Waals surface area (Å²) in [5, 5.41) is 39.0. The second-order valence-electron chi connectivity index (χ2n) is 14.2. The number of rotatable bonds is 16. The van der Waals surface area contributed by atoms with Crippen LogP contribution in [-0.2, 0) is 40.5 Å². The van der Waals surface area contributed by atoms with E-state index in [0.29, 0.717) is 22.5 Å². The largest absolute Gasteiger partial charge is 0.505 e. The second-order valence-corrected chi connectivity index (χ2v) is 19.9. The predicted octanol–water partition coefficient (Wildman–Crippen LogP) is 8.71. The van der Waals surface area contributed by atoms with Crippen molar-refractivity contribution >= 4 is 108 Å². The van der Waals surface area contributed by atoms with E-state index in [1.165, 1.54) is 72.8 Å². The maximum absolute atomic E-state index is 12.5. The Morgan fingerprint density at radius 2 is 1.18 bits per heavy atom. The van der Waals surface area contributed by atoms with Crippen LogP contribution in [0.1, 0.15) is 17.5 Å². The summed E-state index contributed by atoms with van der Waals surface area (Å²) in [6, 6.07) is 20.0. The van der Waals surface area contributed by atoms with Gasteiger partial charge in [-0.3, -0.25) is 18.2 Å². The number of azo groups is 3. The lowest BCUT2D eigenvalue weighted by Gasteiger charge is -2.12. The van der Waals surface area contributed by atoms with Gasteiger partial charge in [0.2, 0.25) is 0 Å². The highest BCUT2D eigenvalue weighted by Gasteiger charge is 2.23. The summed E-state index contributed by atoms with van der Waals surface area (Å²) in [7, 11) is -18.7. The molecule has 0 aromatic heterocycles. The molecule has 0 aliphatic carbocycles. The highest BCUT2D eigenvalue weighted by atomic mass is 32.2. The van der Waals surface area contributed by atoms with E-state index in [9.17, 15) is 52.4 Å². The van der Waals surface area contributed by atoms with Crippen molar-refractivity contribution in [2.24, 2.45) is 30.7 Å². The maximum atomic E-state index is 12.5. The second kappa shape index (κ2) is 18.9. The summed E-state index contributed by atoms with van der Waals surface area (Å²) < 4.78 is 139. The van der Waals surface area contributed by atoms with E-state index in [-0.39, 0.29) is 69.4 Å². The van der Waals surface area contributed by atoms with E-state index >= 15 is 0 Å². The Labute approximate surface area is 376 Å². The topological polar surface area (TPSA) is 385 Å². The van der Waals surface area contributed by atoms with Crippen LogP contribution in [0.3, 0.4) is 0 Å². The van der Waals surface area contributed by atoms with Gasteiger partial charge < -0.3 is 26.6 Å². The van der Waals surface area contributed by atoms with Crippen LogP contribution >= 0.6 is 0 Å². The fraction of sp³-hybridized carbons (Fsp3) is 0.128. The number of nitrogens with one attached hydrogen (secondary N) is 1. The number of ether oxygens (including phenoxy) is 1. The summed E-state index contributed by atoms with van der Waals surface area (Å²) in [4.78, 5) is -1.92. The Balaban J connectivity index is 1.28. The van der Waals surface area contributed by atoms with Gasteiger partial charge in [-0.1, -0.05) is 0 Å². The molecule has 0 amide bonds. The monoisotopic (exact) mass is 983 g/mol. The molecule has 66 heavy (non-hydrogen) atoms. The van der Waals surface area contributed by atoms with Crippen molar-refractivity contribution in [3.8, 4) is 11.5 Å². The van der Waals surface area contributed by atoms with Crippen molar-refractivity contribution in [3.63, 3.8) is 0 Å². The number of aryl methyl sites for hydroxylation is 2. The third kappa shape index (κ3) is 12.0. The minimum absolute atomic E-state index is 0.0393. The smallest absolute Gasteiger partial charge is 0.296 e. The average molecular weight is 984 g/mol. The van der Waals surface area contributed by atoms with Crippen LogP contribution in [0.15, 0.2) is 136 Å². The van der Waals surface area contributed by atoms with E-state index in [0.717, 1.165) is 18.2 Å². The van der Waals surface area contributed by atoms with E-state index in [1.54, 1.807) is 13.8 Å². The van der Waals surface area contributed by atoms with Gasteiger partial charge in [0.25, 0.3) is 40.5 Å². The number of aromatic hydroxyl groups is 1. The molecule has 27 heteroatoms. The van der Waals surface area contributed by atoms with Gasteiger partial charge in [-0.15, -0.1) is 15.3 Å². The first kappa shape index (κ1) is 48.5. The molecule has 0 saturated heterocycles. The Morgan fingerprint density at radius 3 is 1.85 bits per heavy atom. The third-order valence-electron chi connectivity index (χ3n) is 9.23. The zero-order valence-corrected chi connectivity index (χ0v) is 37.4. The molecule has 0 unspecified atom stereocenters. The standard InChI is InChI=1S/C39H37N9O14S4/c1-21-14-27(43-48-38-37(66(59,60)61)17-23-16-25(5-8-28(23)39(38)49)42-26-6-9-29(41)35(19-26)64(53,54)55)7-11-30(21)44-47-33-15-22(2)32(20-34(33)62-12-3-13-63(50,51)52)46-45-31-10-4-24(40)18-36(31)65(56,57)58/h4-11,14-20,42,49H,3,12-13,40-41H2,1-2H3,(H,50,51,52)(H,53,54,55)(H,56,57,58)(H,59,60,61). The normalized spacial score (nSPS) is 12.8. The van der Waals surface area contributed by atoms with Crippen LogP contribution in [-0.4, -0.2) is 69.3 Å². The summed E-state index contributed by atoms with van der Waals surface area (Å²) in [6.07, 6.45) is -0.116. The quantitative estimate of drug-likeness (QED) is 0.0194. The molecule has 0 atom stereocenters. The molecular weight excluding hydrogens is 947 g/mol. The third-order valence-corrected chi connectivity index (χ3v) is 12.7. The predicted molar refractivity (Wildman–Crippen MR) is 241 cm³/mol. The highest BCUT2D eigenvalue weighted by molar-refractivity contribution is 7.86. The number of hydrogen-bond acceptors (Lipinski definition) is 19. The summed E-state index contributed by atoms with van der Waals surface area (Å²) >= 11 is 0. The van der Waals surface area contributed by atoms with Crippen molar-refractivity contribution in [3.05, 3.63) is 102 Å². The Morgan fingerprint density at radius 1 is 0.576 bits per heavy atom. The molecule has 6 aromatic carbocycles. The molecule has 6 aromatic rings. The van der Waals surface area contributed by atoms with Gasteiger partial charge in [0.15, 0.2) is 5.75 Å². The van der Waals surface area contributed by atoms with E-state index < -0.39 is 72.3 Å². The number of anilines is 4. The van der Waals surface area contributed by atoms with Crippen molar-refractivity contribution in [1.82, 2.24) is 0 Å². The van der Waals surface area contributed by atoms with E-state index in [2.05, 4.69) is 36.0 Å². The molecule has 23 nitrogen and oxygen atoms in total. The van der Waals surface area contributed by atoms with Gasteiger partial charge in [0.05, 0.1) is 35.1 Å². The number of phenols is 1. The number of phenolic OH excluding ortho intramolecular Hbond substituents is 1. The Kier molecular flexibility index (Phi) is 13.8. The van der Waals surface area contributed by atoms with Crippen LogP contribution in [0.2, 0.25) is 0 Å². The molecule has 0 bridgehead atoms. The molecule has 346 valence electrons. The van der Waals surface area contributed by atoms with Gasteiger partial charge in [-0.25, -0.2) is 0 Å². The number of nitrogens with zero attached hydrogens (tertiary/aromatic N) is 6. The highest BCUT2D eigenvalue weighted by Crippen LogP contribution is 2.43. The first-order valence-electron chi connectivity index (χ1n) is 18.6. The van der Waals surface area contributed by atoms with Crippen molar-refractivity contribution in [1.29, 1.82) is 0 Å². The Bertz CT molecular complexity index is 3480. The lowest BCUT2D eigenvalue weighted by Crippen LogP contribution is -2.08. The van der Waals surface area contributed by atoms with Gasteiger partial charge in [0.1, 0.15) is 37.5 Å². The minimum Gasteiger partial charge on any atom is -0.505 e. The van der Waals surface area contributed by atoms with Crippen LogP contribution in [0.5, 0.6) is 11.5 Å². The maximum Gasteiger partial charge on any atom is 0.296 e. The van der Waals surface area contributed by atoms with Gasteiger partial charge in [0, 0.05) is 28.5 Å². The molecule has 0 aliphatic rings. The zero-order chi connectivity index (χ0) is 48.4. The van der Waals surface area contributed by atoms with Crippen LogP contribution in [0.25, 0.3) is 10.8 Å². The summed E-state index contributed by atoms with van der Waals surface area (Å²) in [6.45, 7) is 3.06. The Hall–Kier alpha value is -6.98. The number of nitrogens with two attached hydrogens (primary N) is 2. The van der Waals surface area contributed by atoms with Crippen molar-refractivity contribution in [2.45, 2.75) is 35.0 Å². The lowest BCUT2D eigenvalue weighted by atomic mass is 10.1. The fourth-order valence-corrected chi connectivity index (χ4v) is 8.51. The zero-order valence-electron chi connectivity index (χ0n) is 34.2. The summed E-state index contributed by atoms with van der Waals surface area (Å²) in [5.74, 6) is -1.21. The van der Waals surface area contributed by atoms with Crippen molar-refractivity contribution < 1.29 is 61.7 Å². The molecular formula is C39H37N9O14S4. The number of benzene rings is 6. The number of hydrogen-bond donors (Lipinski definition) is 8. The van der Waals surface area contributed by atoms with Crippen molar-refractivity contribution in [2.75, 3.05) is 29.1 Å². The minimum atomic E-state index is -5.01. The van der Waals surface area contributed by atoms with Gasteiger partial charge in [-0.2, -0.15) is 49.0 Å². The van der Waals surface area contributed by atoms with Crippen LogP contribution in [0.4, 0.5) is 56.9 Å².